The van der Waals surface area contributed by atoms with E-state index in [0.29, 0.717) is 38.8 Å². The third-order valence-electron chi connectivity index (χ3n) is 3.50. The number of carboxylic acids is 1. The molecule has 21 heavy (non-hydrogen) atoms. The molecule has 0 saturated heterocycles. The molecule has 1 fully saturated rings. The molecule has 1 aliphatic carbocycles. The zero-order valence-corrected chi connectivity index (χ0v) is 12.5. The Bertz CT molecular complexity index is 378. The van der Waals surface area contributed by atoms with E-state index >= 15 is 0 Å². The van der Waals surface area contributed by atoms with E-state index in [1.807, 2.05) is 0 Å². The number of carboxylic acid groups (broad SMARTS) is 1. The first-order valence-corrected chi connectivity index (χ1v) is 7.12. The van der Waals surface area contributed by atoms with Crippen molar-refractivity contribution in [1.29, 1.82) is 0 Å². The number of nitrogens with zero attached hydrogens (tertiary/aromatic N) is 1. The predicted molar refractivity (Wildman–Crippen MR) is 77.0 cm³/mol. The first-order valence-electron chi connectivity index (χ1n) is 7.12. The minimum Gasteiger partial charge on any atom is -0.481 e. The lowest BCUT2D eigenvalue weighted by molar-refractivity contribution is -0.142. The van der Waals surface area contributed by atoms with Gasteiger partial charge >= 0.3 is 18.0 Å². The Morgan fingerprint density at radius 2 is 1.62 bits per heavy atom. The van der Waals surface area contributed by atoms with Crippen LogP contribution in [0.5, 0.6) is 0 Å². The second-order valence-corrected chi connectivity index (χ2v) is 5.41. The van der Waals surface area contributed by atoms with Gasteiger partial charge in [0.05, 0.1) is 5.92 Å². The molecule has 0 bridgehead atoms. The zero-order chi connectivity index (χ0) is 15.8. The summed E-state index contributed by atoms with van der Waals surface area (Å²) in [6, 6.07) is -0.464. The number of carbonyl (C=O) groups excluding carboxylic acids is 2. The van der Waals surface area contributed by atoms with Crippen molar-refractivity contribution in [3.05, 3.63) is 0 Å². The van der Waals surface area contributed by atoms with Gasteiger partial charge in [-0.25, -0.2) is 9.59 Å². The van der Waals surface area contributed by atoms with E-state index in [9.17, 15) is 14.4 Å². The number of aliphatic carboxylic acids is 1. The molecule has 0 aromatic heterocycles. The van der Waals surface area contributed by atoms with Crippen LogP contribution < -0.4 is 16.0 Å². The summed E-state index contributed by atoms with van der Waals surface area (Å²) in [6.07, 6.45) is 2.56. The maximum absolute atomic E-state index is 11.6. The largest absolute Gasteiger partial charge is 0.481 e. The number of carbonyl (C=O) groups is 3. The number of hydrogen-bond acceptors (Lipinski definition) is 3. The molecule has 0 atom stereocenters. The number of rotatable bonds is 5. The average molecular weight is 300 g/mol. The van der Waals surface area contributed by atoms with E-state index in [4.69, 9.17) is 5.11 Å². The van der Waals surface area contributed by atoms with E-state index < -0.39 is 5.97 Å². The molecule has 0 aromatic rings. The van der Waals surface area contributed by atoms with E-state index in [1.54, 1.807) is 14.1 Å². The van der Waals surface area contributed by atoms with Crippen LogP contribution in [0.3, 0.4) is 0 Å². The monoisotopic (exact) mass is 300 g/mol. The van der Waals surface area contributed by atoms with Gasteiger partial charge in [0.2, 0.25) is 0 Å². The van der Waals surface area contributed by atoms with Crippen molar-refractivity contribution in [3.63, 3.8) is 0 Å². The van der Waals surface area contributed by atoms with Crippen molar-refractivity contribution >= 4 is 18.0 Å². The van der Waals surface area contributed by atoms with E-state index in [-0.39, 0.29) is 24.0 Å². The zero-order valence-electron chi connectivity index (χ0n) is 12.5. The van der Waals surface area contributed by atoms with E-state index in [1.165, 1.54) is 4.90 Å². The van der Waals surface area contributed by atoms with E-state index in [0.717, 1.165) is 0 Å². The Morgan fingerprint density at radius 3 is 2.14 bits per heavy atom. The minimum absolute atomic E-state index is 0.0250. The number of hydrogen-bond donors (Lipinski definition) is 4. The quantitative estimate of drug-likeness (QED) is 0.543. The summed E-state index contributed by atoms with van der Waals surface area (Å²) in [4.78, 5) is 35.1. The highest BCUT2D eigenvalue weighted by Crippen LogP contribution is 2.24. The third-order valence-corrected chi connectivity index (χ3v) is 3.50. The minimum atomic E-state index is -0.755. The summed E-state index contributed by atoms with van der Waals surface area (Å²) >= 11 is 0. The molecule has 4 amide bonds. The normalized spacial score (nSPS) is 21.2. The highest BCUT2D eigenvalue weighted by molar-refractivity contribution is 5.75. The summed E-state index contributed by atoms with van der Waals surface area (Å²) in [7, 11) is 3.28. The average Bonchev–Trinajstić information content (AvgIpc) is 2.43. The Balaban J connectivity index is 2.12. The lowest BCUT2D eigenvalue weighted by Crippen LogP contribution is -2.46. The van der Waals surface area contributed by atoms with Crippen molar-refractivity contribution in [3.8, 4) is 0 Å². The highest BCUT2D eigenvalue weighted by Gasteiger charge is 2.26. The van der Waals surface area contributed by atoms with Gasteiger partial charge in [-0.15, -0.1) is 0 Å². The molecule has 0 heterocycles. The fourth-order valence-corrected chi connectivity index (χ4v) is 2.22. The van der Waals surface area contributed by atoms with Gasteiger partial charge in [0.25, 0.3) is 0 Å². The second kappa shape index (κ2) is 8.33. The molecule has 4 N–H and O–H groups in total. The Morgan fingerprint density at radius 1 is 1.05 bits per heavy atom. The molecule has 8 heteroatoms. The molecule has 1 saturated carbocycles. The molecule has 8 nitrogen and oxygen atoms in total. The van der Waals surface area contributed by atoms with Crippen molar-refractivity contribution in [2.24, 2.45) is 5.92 Å². The van der Waals surface area contributed by atoms with Gasteiger partial charge in [0.15, 0.2) is 0 Å². The topological polar surface area (TPSA) is 111 Å². The molecule has 0 unspecified atom stereocenters. The van der Waals surface area contributed by atoms with Gasteiger partial charge in [0.1, 0.15) is 0 Å². The van der Waals surface area contributed by atoms with Crippen LogP contribution in [0.4, 0.5) is 9.59 Å². The highest BCUT2D eigenvalue weighted by atomic mass is 16.4. The lowest BCUT2D eigenvalue weighted by atomic mass is 9.86. The van der Waals surface area contributed by atoms with Gasteiger partial charge in [-0.3, -0.25) is 4.79 Å². The van der Waals surface area contributed by atoms with Crippen LogP contribution in [0.2, 0.25) is 0 Å². The lowest BCUT2D eigenvalue weighted by Gasteiger charge is -2.26. The molecular weight excluding hydrogens is 276 g/mol. The molecule has 0 aromatic carbocycles. The number of urea groups is 2. The van der Waals surface area contributed by atoms with Crippen LogP contribution in [-0.4, -0.2) is 61.3 Å². The molecule has 120 valence electrons. The van der Waals surface area contributed by atoms with Gasteiger partial charge in [0, 0.05) is 33.2 Å². The SMILES string of the molecule is CN(C)C(=O)NCCNC(=O)NC1CCC(C(=O)O)CC1. The second-order valence-electron chi connectivity index (χ2n) is 5.41. The molecule has 0 aliphatic heterocycles. The predicted octanol–water partition coefficient (Wildman–Crippen LogP) is 0.200. The maximum atomic E-state index is 11.6. The fraction of sp³-hybridized carbons (Fsp3) is 0.769. The summed E-state index contributed by atoms with van der Waals surface area (Å²) in [5.74, 6) is -1.04. The molecule has 0 radical (unpaired) electrons. The summed E-state index contributed by atoms with van der Waals surface area (Å²) < 4.78 is 0. The van der Waals surface area contributed by atoms with Gasteiger partial charge in [-0.1, -0.05) is 0 Å². The number of nitrogens with one attached hydrogen (secondary N) is 3. The Kier molecular flexibility index (Phi) is 6.77. The summed E-state index contributed by atoms with van der Waals surface area (Å²) in [5, 5.41) is 17.0. The smallest absolute Gasteiger partial charge is 0.316 e. The van der Waals surface area contributed by atoms with Gasteiger partial charge < -0.3 is 26.0 Å². The Labute approximate surface area is 124 Å². The van der Waals surface area contributed by atoms with Gasteiger partial charge in [-0.2, -0.15) is 0 Å². The van der Waals surface area contributed by atoms with Crippen molar-refractivity contribution < 1.29 is 19.5 Å². The van der Waals surface area contributed by atoms with Crippen LogP contribution in [-0.2, 0) is 4.79 Å². The first kappa shape index (κ1) is 17.1. The fourth-order valence-electron chi connectivity index (χ4n) is 2.22. The van der Waals surface area contributed by atoms with Crippen molar-refractivity contribution in [2.45, 2.75) is 31.7 Å². The maximum Gasteiger partial charge on any atom is 0.316 e. The molecule has 0 spiro atoms. The van der Waals surface area contributed by atoms with E-state index in [2.05, 4.69) is 16.0 Å². The van der Waals surface area contributed by atoms with Gasteiger partial charge in [-0.05, 0) is 25.7 Å². The standard InChI is InChI=1S/C13H24N4O4/c1-17(2)13(21)15-8-7-14-12(20)16-10-5-3-9(4-6-10)11(18)19/h9-10H,3-8H2,1-2H3,(H,15,21)(H,18,19)(H2,14,16,20). The third kappa shape index (κ3) is 6.33. The van der Waals surface area contributed by atoms with Crippen LogP contribution in [0.15, 0.2) is 0 Å². The molecule has 1 rings (SSSR count). The first-order chi connectivity index (χ1) is 9.90. The summed E-state index contributed by atoms with van der Waals surface area (Å²) in [5.41, 5.74) is 0. The molecular formula is C13H24N4O4. The van der Waals surface area contributed by atoms with Crippen LogP contribution in [0, 0.1) is 5.92 Å². The van der Waals surface area contributed by atoms with Crippen LogP contribution in [0.25, 0.3) is 0 Å². The Hall–Kier alpha value is -1.99. The van der Waals surface area contributed by atoms with Crippen LogP contribution in [0.1, 0.15) is 25.7 Å². The summed E-state index contributed by atoms with van der Waals surface area (Å²) in [6.45, 7) is 0.700. The number of amides is 4. The van der Waals surface area contributed by atoms with Crippen molar-refractivity contribution in [1.82, 2.24) is 20.9 Å². The molecule has 1 aliphatic rings. The van der Waals surface area contributed by atoms with Crippen LogP contribution >= 0.6 is 0 Å². The van der Waals surface area contributed by atoms with Crippen molar-refractivity contribution in [2.75, 3.05) is 27.2 Å².